The monoisotopic (exact) mass is 251 g/mol. The summed E-state index contributed by atoms with van der Waals surface area (Å²) >= 11 is 5.17. The first kappa shape index (κ1) is 12.5. The quantitative estimate of drug-likeness (QED) is 0.764. The van der Waals surface area contributed by atoms with E-state index in [9.17, 15) is 0 Å². The van der Waals surface area contributed by atoms with Gasteiger partial charge in [0.15, 0.2) is 0 Å². The zero-order chi connectivity index (χ0) is 12.1. The van der Waals surface area contributed by atoms with E-state index in [1.165, 1.54) is 5.56 Å². The van der Waals surface area contributed by atoms with Crippen molar-refractivity contribution >= 4 is 17.6 Å². The fourth-order valence-corrected chi connectivity index (χ4v) is 2.39. The molecule has 0 saturated carbocycles. The van der Waals surface area contributed by atoms with Crippen molar-refractivity contribution in [1.29, 1.82) is 0 Å². The highest BCUT2D eigenvalue weighted by Gasteiger charge is 2.20. The zero-order valence-electron chi connectivity index (χ0n) is 9.96. The van der Waals surface area contributed by atoms with Crippen LogP contribution in [-0.2, 0) is 4.74 Å². The van der Waals surface area contributed by atoms with Crippen LogP contribution in [0.15, 0.2) is 24.3 Å². The summed E-state index contributed by atoms with van der Waals surface area (Å²) in [5.74, 6) is 0.873. The van der Waals surface area contributed by atoms with Crippen LogP contribution in [0.25, 0.3) is 0 Å². The summed E-state index contributed by atoms with van der Waals surface area (Å²) in [6, 6.07) is 8.25. The second kappa shape index (κ2) is 6.10. The van der Waals surface area contributed by atoms with E-state index in [2.05, 4.69) is 11.0 Å². The Morgan fingerprint density at radius 3 is 2.82 bits per heavy atom. The van der Waals surface area contributed by atoms with E-state index in [4.69, 9.17) is 21.7 Å². The number of nitrogens with zero attached hydrogens (tertiary/aromatic N) is 1. The lowest BCUT2D eigenvalue weighted by atomic mass is 10.1. The predicted molar refractivity (Wildman–Crippen MR) is 71.8 cm³/mol. The van der Waals surface area contributed by atoms with Crippen molar-refractivity contribution in [3.63, 3.8) is 0 Å². The van der Waals surface area contributed by atoms with Crippen LogP contribution in [0.5, 0.6) is 5.75 Å². The van der Waals surface area contributed by atoms with E-state index < -0.39 is 0 Å². The predicted octanol–water partition coefficient (Wildman–Crippen LogP) is 2.07. The Bertz CT molecular complexity index is 377. The van der Waals surface area contributed by atoms with Crippen LogP contribution in [0, 0.1) is 0 Å². The lowest BCUT2D eigenvalue weighted by Gasteiger charge is -2.32. The van der Waals surface area contributed by atoms with Crippen LogP contribution in [0.2, 0.25) is 0 Å². The molecule has 2 rings (SSSR count). The SMILES string of the molecule is COc1cccc([C@@H](C=S)N2CCOCC2)c1. The minimum atomic E-state index is 0.170. The van der Waals surface area contributed by atoms with Gasteiger partial charge in [-0.2, -0.15) is 0 Å². The Hall–Kier alpha value is -0.970. The van der Waals surface area contributed by atoms with Gasteiger partial charge >= 0.3 is 0 Å². The first-order valence-electron chi connectivity index (χ1n) is 5.76. The van der Waals surface area contributed by atoms with E-state index in [0.717, 1.165) is 32.1 Å². The van der Waals surface area contributed by atoms with Crippen molar-refractivity contribution in [2.45, 2.75) is 6.04 Å². The van der Waals surface area contributed by atoms with Crippen molar-refractivity contribution in [2.24, 2.45) is 0 Å². The maximum atomic E-state index is 5.36. The molecular weight excluding hydrogens is 234 g/mol. The summed E-state index contributed by atoms with van der Waals surface area (Å²) in [4.78, 5) is 2.34. The van der Waals surface area contributed by atoms with Gasteiger partial charge in [0, 0.05) is 18.5 Å². The molecule has 4 heteroatoms. The van der Waals surface area contributed by atoms with E-state index in [-0.39, 0.29) is 6.04 Å². The van der Waals surface area contributed by atoms with Crippen LogP contribution < -0.4 is 4.74 Å². The highest BCUT2D eigenvalue weighted by Crippen LogP contribution is 2.23. The molecule has 3 nitrogen and oxygen atoms in total. The van der Waals surface area contributed by atoms with Gasteiger partial charge in [0.2, 0.25) is 0 Å². The highest BCUT2D eigenvalue weighted by molar-refractivity contribution is 7.79. The summed E-state index contributed by atoms with van der Waals surface area (Å²) < 4.78 is 10.6. The van der Waals surface area contributed by atoms with Crippen molar-refractivity contribution < 1.29 is 9.47 Å². The Kier molecular flexibility index (Phi) is 4.48. The van der Waals surface area contributed by atoms with Gasteiger partial charge < -0.3 is 9.47 Å². The Labute approximate surface area is 107 Å². The number of benzene rings is 1. The fraction of sp³-hybridized carbons (Fsp3) is 0.462. The molecule has 0 spiro atoms. The van der Waals surface area contributed by atoms with Gasteiger partial charge in [0.25, 0.3) is 0 Å². The van der Waals surface area contributed by atoms with Crippen LogP contribution in [0.3, 0.4) is 0 Å². The Morgan fingerprint density at radius 2 is 2.18 bits per heavy atom. The van der Waals surface area contributed by atoms with Crippen LogP contribution in [-0.4, -0.2) is 43.7 Å². The molecular formula is C13H17NO2S. The molecule has 0 aliphatic carbocycles. The Balaban J connectivity index is 2.18. The molecule has 0 bridgehead atoms. The lowest BCUT2D eigenvalue weighted by Crippen LogP contribution is -2.39. The maximum Gasteiger partial charge on any atom is 0.119 e. The Morgan fingerprint density at radius 1 is 1.41 bits per heavy atom. The minimum Gasteiger partial charge on any atom is -0.497 e. The molecule has 1 saturated heterocycles. The fourth-order valence-electron chi connectivity index (χ4n) is 2.06. The third kappa shape index (κ3) is 3.03. The number of morpholine rings is 1. The van der Waals surface area contributed by atoms with Crippen molar-refractivity contribution in [1.82, 2.24) is 4.90 Å². The third-order valence-corrected chi connectivity index (χ3v) is 3.26. The van der Waals surface area contributed by atoms with Crippen molar-refractivity contribution in [3.8, 4) is 5.75 Å². The normalized spacial score (nSPS) is 18.6. The summed E-state index contributed by atoms with van der Waals surface area (Å²) in [6.45, 7) is 3.41. The maximum absolute atomic E-state index is 5.36. The standard InChI is InChI=1S/C13H17NO2S/c1-15-12-4-2-3-11(9-12)13(10-17)14-5-7-16-8-6-14/h2-4,9-10,13H,5-8H2,1H3/t13-/m1/s1. The molecule has 0 amide bonds. The van der Waals surface area contributed by atoms with Gasteiger partial charge in [-0.1, -0.05) is 24.4 Å². The van der Waals surface area contributed by atoms with E-state index in [0.29, 0.717) is 0 Å². The molecule has 92 valence electrons. The number of ether oxygens (including phenoxy) is 2. The smallest absolute Gasteiger partial charge is 0.119 e. The molecule has 0 N–H and O–H groups in total. The van der Waals surface area contributed by atoms with Gasteiger partial charge in [-0.05, 0) is 17.7 Å². The van der Waals surface area contributed by atoms with Gasteiger partial charge in [0.05, 0.1) is 26.4 Å². The molecule has 0 radical (unpaired) electrons. The van der Waals surface area contributed by atoms with Gasteiger partial charge in [-0.15, -0.1) is 0 Å². The van der Waals surface area contributed by atoms with Crippen molar-refractivity contribution in [3.05, 3.63) is 29.8 Å². The van der Waals surface area contributed by atoms with Gasteiger partial charge in [-0.25, -0.2) is 0 Å². The zero-order valence-corrected chi connectivity index (χ0v) is 10.8. The van der Waals surface area contributed by atoms with Crippen LogP contribution >= 0.6 is 12.2 Å². The number of hydrogen-bond acceptors (Lipinski definition) is 4. The first-order valence-corrected chi connectivity index (χ1v) is 6.23. The molecule has 1 aromatic carbocycles. The molecule has 1 aliphatic heterocycles. The molecule has 1 aliphatic rings. The van der Waals surface area contributed by atoms with E-state index in [1.807, 2.05) is 23.6 Å². The summed E-state index contributed by atoms with van der Waals surface area (Å²) in [6.07, 6.45) is 0. The molecule has 1 fully saturated rings. The number of thiocarbonyl (C=S) groups is 1. The number of methoxy groups -OCH3 is 1. The third-order valence-electron chi connectivity index (χ3n) is 3.00. The van der Waals surface area contributed by atoms with Gasteiger partial charge in [-0.3, -0.25) is 4.90 Å². The number of hydrogen-bond donors (Lipinski definition) is 0. The minimum absolute atomic E-state index is 0.170. The molecule has 0 aromatic heterocycles. The summed E-state index contributed by atoms with van der Waals surface area (Å²) in [5, 5.41) is 1.82. The van der Waals surface area contributed by atoms with Crippen LogP contribution in [0.4, 0.5) is 0 Å². The lowest BCUT2D eigenvalue weighted by molar-refractivity contribution is 0.0297. The van der Waals surface area contributed by atoms with Crippen molar-refractivity contribution in [2.75, 3.05) is 33.4 Å². The summed E-state index contributed by atoms with van der Waals surface area (Å²) in [5.41, 5.74) is 1.18. The van der Waals surface area contributed by atoms with Gasteiger partial charge in [0.1, 0.15) is 5.75 Å². The average molecular weight is 251 g/mol. The highest BCUT2D eigenvalue weighted by atomic mass is 32.1. The molecule has 17 heavy (non-hydrogen) atoms. The second-order valence-corrected chi connectivity index (χ2v) is 4.28. The van der Waals surface area contributed by atoms with E-state index >= 15 is 0 Å². The van der Waals surface area contributed by atoms with Crippen LogP contribution in [0.1, 0.15) is 11.6 Å². The molecule has 1 heterocycles. The summed E-state index contributed by atoms with van der Waals surface area (Å²) in [7, 11) is 1.68. The topological polar surface area (TPSA) is 21.7 Å². The molecule has 1 atom stereocenters. The van der Waals surface area contributed by atoms with E-state index in [1.54, 1.807) is 7.11 Å². The number of rotatable bonds is 4. The molecule has 1 aromatic rings. The average Bonchev–Trinajstić information content (AvgIpc) is 2.41. The second-order valence-electron chi connectivity index (χ2n) is 4.01. The largest absolute Gasteiger partial charge is 0.497 e. The molecule has 0 unspecified atom stereocenters. The first-order chi connectivity index (χ1) is 8.35.